The lowest BCUT2D eigenvalue weighted by atomic mass is 10.1. The lowest BCUT2D eigenvalue weighted by Gasteiger charge is -2.19. The minimum Gasteiger partial charge on any atom is -0.508 e. The molecule has 1 amide bonds. The Labute approximate surface area is 120 Å². The topological polar surface area (TPSA) is 58.6 Å². The molecule has 1 aromatic rings. The Balaban J connectivity index is 2.32. The van der Waals surface area contributed by atoms with Crippen LogP contribution in [0.1, 0.15) is 38.3 Å². The van der Waals surface area contributed by atoms with Crippen LogP contribution in [-0.4, -0.2) is 23.3 Å². The molecule has 0 aromatic heterocycles. The molecule has 0 bridgehead atoms. The third kappa shape index (κ3) is 6.27. The highest BCUT2D eigenvalue weighted by Gasteiger charge is 2.15. The van der Waals surface area contributed by atoms with E-state index in [0.29, 0.717) is 18.7 Å². The van der Waals surface area contributed by atoms with Crippen LogP contribution in [0.25, 0.3) is 6.08 Å². The average Bonchev–Trinajstić information content (AvgIpc) is 2.31. The molecule has 0 radical (unpaired) electrons. The fourth-order valence-corrected chi connectivity index (χ4v) is 1.52. The summed E-state index contributed by atoms with van der Waals surface area (Å²) in [5, 5.41) is 12.3. The normalized spacial score (nSPS) is 11.6. The van der Waals surface area contributed by atoms with Crippen LogP contribution in [-0.2, 0) is 4.74 Å². The van der Waals surface area contributed by atoms with Crippen molar-refractivity contribution < 1.29 is 14.6 Å². The maximum Gasteiger partial charge on any atom is 0.407 e. The van der Waals surface area contributed by atoms with Crippen LogP contribution < -0.4 is 5.32 Å². The molecule has 0 saturated heterocycles. The van der Waals surface area contributed by atoms with E-state index < -0.39 is 11.7 Å². The molecule has 110 valence electrons. The van der Waals surface area contributed by atoms with Gasteiger partial charge in [0.05, 0.1) is 0 Å². The number of ether oxygens (including phenoxy) is 1. The first-order valence-electron chi connectivity index (χ1n) is 6.71. The molecular formula is C16H23NO3. The van der Waals surface area contributed by atoms with Crippen molar-refractivity contribution in [1.29, 1.82) is 0 Å². The quantitative estimate of drug-likeness (QED) is 0.826. The van der Waals surface area contributed by atoms with E-state index in [9.17, 15) is 9.90 Å². The zero-order valence-corrected chi connectivity index (χ0v) is 12.6. The molecule has 2 N–H and O–H groups in total. The van der Waals surface area contributed by atoms with Crippen molar-refractivity contribution >= 4 is 12.2 Å². The monoisotopic (exact) mass is 277 g/mol. The summed E-state index contributed by atoms with van der Waals surface area (Å²) in [4.78, 5) is 11.4. The average molecular weight is 277 g/mol. The Bertz CT molecular complexity index is 487. The molecule has 0 aliphatic heterocycles. The number of hydrogen-bond acceptors (Lipinski definition) is 3. The minimum atomic E-state index is -0.473. The van der Waals surface area contributed by atoms with E-state index in [2.05, 4.69) is 5.32 Å². The fourth-order valence-electron chi connectivity index (χ4n) is 1.52. The molecule has 0 fully saturated rings. The van der Waals surface area contributed by atoms with Crippen molar-refractivity contribution in [1.82, 2.24) is 5.32 Å². The van der Waals surface area contributed by atoms with Crippen molar-refractivity contribution in [2.45, 2.75) is 39.7 Å². The van der Waals surface area contributed by atoms with Gasteiger partial charge < -0.3 is 15.2 Å². The molecule has 4 nitrogen and oxygen atoms in total. The number of carbonyl (C=O) groups excluding carboxylic acids is 1. The smallest absolute Gasteiger partial charge is 0.407 e. The summed E-state index contributed by atoms with van der Waals surface area (Å²) >= 11 is 0. The fraction of sp³-hybridized carbons (Fsp3) is 0.438. The van der Waals surface area contributed by atoms with E-state index in [1.54, 1.807) is 6.07 Å². The van der Waals surface area contributed by atoms with E-state index in [-0.39, 0.29) is 0 Å². The molecule has 0 spiro atoms. The van der Waals surface area contributed by atoms with E-state index >= 15 is 0 Å². The Kier molecular flexibility index (Phi) is 5.62. The molecule has 0 saturated carbocycles. The number of aryl methyl sites for hydroxylation is 1. The summed E-state index contributed by atoms with van der Waals surface area (Å²) in [7, 11) is 0. The maximum atomic E-state index is 11.4. The predicted molar refractivity (Wildman–Crippen MR) is 80.7 cm³/mol. The number of hydrogen-bond donors (Lipinski definition) is 2. The third-order valence-corrected chi connectivity index (χ3v) is 2.52. The van der Waals surface area contributed by atoms with Gasteiger partial charge in [-0.25, -0.2) is 4.79 Å². The van der Waals surface area contributed by atoms with Gasteiger partial charge in [-0.3, -0.25) is 0 Å². The molecule has 1 aromatic carbocycles. The van der Waals surface area contributed by atoms with E-state index in [0.717, 1.165) is 11.1 Å². The highest BCUT2D eigenvalue weighted by atomic mass is 16.6. The number of aromatic hydroxyl groups is 1. The number of benzene rings is 1. The zero-order chi connectivity index (χ0) is 15.2. The van der Waals surface area contributed by atoms with Gasteiger partial charge in [0.2, 0.25) is 0 Å². The molecular weight excluding hydrogens is 254 g/mol. The minimum absolute atomic E-state index is 0.291. The van der Waals surface area contributed by atoms with Gasteiger partial charge >= 0.3 is 6.09 Å². The van der Waals surface area contributed by atoms with Gasteiger partial charge in [0.15, 0.2) is 0 Å². The number of phenolic OH excluding ortho intramolecular Hbond substituents is 1. The predicted octanol–water partition coefficient (Wildman–Crippen LogP) is 3.63. The van der Waals surface area contributed by atoms with Gasteiger partial charge in [0, 0.05) is 6.54 Å². The molecule has 0 heterocycles. The standard InChI is InChI=1S/C16H23NO3/c1-12-8-9-13(11-14(12)18)7-5-6-10-17-15(19)20-16(2,3)4/h5,7-9,11,18H,6,10H2,1-4H3,(H,17,19). The van der Waals surface area contributed by atoms with Crippen LogP contribution in [0, 0.1) is 6.92 Å². The summed E-state index contributed by atoms with van der Waals surface area (Å²) < 4.78 is 5.12. The molecule has 0 unspecified atom stereocenters. The Morgan fingerprint density at radius 2 is 2.10 bits per heavy atom. The third-order valence-electron chi connectivity index (χ3n) is 2.52. The first kappa shape index (κ1) is 16.1. The summed E-state index contributed by atoms with van der Waals surface area (Å²) in [5.74, 6) is 0.291. The number of alkyl carbamates (subject to hydrolysis) is 1. The van der Waals surface area contributed by atoms with Gasteiger partial charge in [-0.1, -0.05) is 24.3 Å². The van der Waals surface area contributed by atoms with Gasteiger partial charge in [-0.2, -0.15) is 0 Å². The van der Waals surface area contributed by atoms with Crippen molar-refractivity contribution in [3.05, 3.63) is 35.4 Å². The molecule has 0 atom stereocenters. The van der Waals surface area contributed by atoms with Crippen LogP contribution in [0.5, 0.6) is 5.75 Å². The van der Waals surface area contributed by atoms with E-state index in [1.807, 2.05) is 52.0 Å². The second-order valence-corrected chi connectivity index (χ2v) is 5.67. The number of rotatable bonds is 4. The number of carbonyl (C=O) groups is 1. The Hall–Kier alpha value is -1.97. The summed E-state index contributed by atoms with van der Waals surface area (Å²) in [6, 6.07) is 5.52. The Morgan fingerprint density at radius 3 is 2.70 bits per heavy atom. The highest BCUT2D eigenvalue weighted by molar-refractivity contribution is 5.67. The second-order valence-electron chi connectivity index (χ2n) is 5.67. The van der Waals surface area contributed by atoms with Crippen LogP contribution in [0.15, 0.2) is 24.3 Å². The Morgan fingerprint density at radius 1 is 1.40 bits per heavy atom. The van der Waals surface area contributed by atoms with Crippen molar-refractivity contribution in [2.24, 2.45) is 0 Å². The van der Waals surface area contributed by atoms with E-state index in [4.69, 9.17) is 4.74 Å². The zero-order valence-electron chi connectivity index (χ0n) is 12.6. The maximum absolute atomic E-state index is 11.4. The lowest BCUT2D eigenvalue weighted by Crippen LogP contribution is -2.32. The summed E-state index contributed by atoms with van der Waals surface area (Å²) in [6.07, 6.45) is 4.16. The first-order valence-corrected chi connectivity index (χ1v) is 6.71. The number of phenols is 1. The van der Waals surface area contributed by atoms with Crippen LogP contribution in [0.2, 0.25) is 0 Å². The van der Waals surface area contributed by atoms with Crippen LogP contribution >= 0.6 is 0 Å². The summed E-state index contributed by atoms with van der Waals surface area (Å²) in [6.45, 7) is 7.86. The summed E-state index contributed by atoms with van der Waals surface area (Å²) in [5.41, 5.74) is 1.32. The SMILES string of the molecule is Cc1ccc(C=CCCNC(=O)OC(C)(C)C)cc1O. The van der Waals surface area contributed by atoms with Gasteiger partial charge in [0.25, 0.3) is 0 Å². The first-order chi connectivity index (χ1) is 9.28. The number of nitrogens with one attached hydrogen (secondary N) is 1. The molecule has 1 rings (SSSR count). The van der Waals surface area contributed by atoms with Gasteiger partial charge in [-0.15, -0.1) is 0 Å². The largest absolute Gasteiger partial charge is 0.508 e. The van der Waals surface area contributed by atoms with Crippen molar-refractivity contribution in [2.75, 3.05) is 6.54 Å². The molecule has 20 heavy (non-hydrogen) atoms. The second kappa shape index (κ2) is 6.98. The van der Waals surface area contributed by atoms with Crippen molar-refractivity contribution in [3.63, 3.8) is 0 Å². The van der Waals surface area contributed by atoms with Crippen LogP contribution in [0.3, 0.4) is 0 Å². The van der Waals surface area contributed by atoms with Crippen molar-refractivity contribution in [3.8, 4) is 5.75 Å². The number of amides is 1. The molecule has 0 aliphatic rings. The highest BCUT2D eigenvalue weighted by Crippen LogP contribution is 2.18. The van der Waals surface area contributed by atoms with Crippen LogP contribution in [0.4, 0.5) is 4.79 Å². The lowest BCUT2D eigenvalue weighted by molar-refractivity contribution is 0.0529. The molecule has 0 aliphatic carbocycles. The molecule has 4 heteroatoms. The van der Waals surface area contributed by atoms with Gasteiger partial charge in [-0.05, 0) is 51.3 Å². The van der Waals surface area contributed by atoms with Gasteiger partial charge in [0.1, 0.15) is 11.4 Å². The van der Waals surface area contributed by atoms with E-state index in [1.165, 1.54) is 0 Å².